The first-order valence-corrected chi connectivity index (χ1v) is 7.63. The van der Waals surface area contributed by atoms with Gasteiger partial charge >= 0.3 is 0 Å². The molecule has 1 aromatic heterocycles. The van der Waals surface area contributed by atoms with Crippen molar-refractivity contribution in [1.29, 1.82) is 0 Å². The Morgan fingerprint density at radius 3 is 2.37 bits per heavy atom. The standard InChI is InChI=1S/C13H15BrN2O2S/c1-3-17-11-5-8(10-7-19-13(15)16-10)9(14)6-12(11)18-4-2/h5-7H,3-4H2,1-2H3,(H2,15,16). The van der Waals surface area contributed by atoms with Crippen LogP contribution in [0.15, 0.2) is 22.0 Å². The van der Waals surface area contributed by atoms with Gasteiger partial charge in [-0.05, 0) is 41.9 Å². The first-order valence-electron chi connectivity index (χ1n) is 5.96. The predicted octanol–water partition coefficient (Wildman–Crippen LogP) is 3.95. The lowest BCUT2D eigenvalue weighted by molar-refractivity contribution is 0.287. The number of benzene rings is 1. The second-order valence-electron chi connectivity index (χ2n) is 3.72. The van der Waals surface area contributed by atoms with E-state index in [1.54, 1.807) is 0 Å². The first-order chi connectivity index (χ1) is 9.15. The van der Waals surface area contributed by atoms with Gasteiger partial charge in [-0.25, -0.2) is 4.98 Å². The molecule has 4 nitrogen and oxygen atoms in total. The summed E-state index contributed by atoms with van der Waals surface area (Å²) in [5.74, 6) is 1.44. The average Bonchev–Trinajstić information content (AvgIpc) is 2.79. The number of anilines is 1. The Morgan fingerprint density at radius 1 is 1.21 bits per heavy atom. The molecule has 1 aromatic carbocycles. The first kappa shape index (κ1) is 14.1. The summed E-state index contributed by atoms with van der Waals surface area (Å²) in [6.07, 6.45) is 0. The number of nitrogens with two attached hydrogens (primary N) is 1. The van der Waals surface area contributed by atoms with Crippen LogP contribution in [0.25, 0.3) is 11.3 Å². The molecule has 2 N–H and O–H groups in total. The van der Waals surface area contributed by atoms with Crippen LogP contribution in [0.4, 0.5) is 5.13 Å². The molecule has 6 heteroatoms. The van der Waals surface area contributed by atoms with Gasteiger partial charge in [0, 0.05) is 15.4 Å². The van der Waals surface area contributed by atoms with Gasteiger partial charge < -0.3 is 15.2 Å². The van der Waals surface area contributed by atoms with Gasteiger partial charge in [0.25, 0.3) is 0 Å². The van der Waals surface area contributed by atoms with Crippen LogP contribution in [0.2, 0.25) is 0 Å². The number of aromatic nitrogens is 1. The fourth-order valence-corrected chi connectivity index (χ4v) is 2.77. The summed E-state index contributed by atoms with van der Waals surface area (Å²) in [5.41, 5.74) is 7.45. The van der Waals surface area contributed by atoms with Crippen LogP contribution in [0.5, 0.6) is 11.5 Å². The third-order valence-electron chi connectivity index (χ3n) is 2.43. The lowest BCUT2D eigenvalue weighted by atomic mass is 10.1. The molecule has 1 heterocycles. The van der Waals surface area contributed by atoms with E-state index < -0.39 is 0 Å². The smallest absolute Gasteiger partial charge is 0.180 e. The number of hydrogen-bond donors (Lipinski definition) is 1. The maximum Gasteiger partial charge on any atom is 0.180 e. The van der Waals surface area contributed by atoms with Crippen molar-refractivity contribution in [3.8, 4) is 22.8 Å². The van der Waals surface area contributed by atoms with Crippen molar-refractivity contribution in [3.63, 3.8) is 0 Å². The summed E-state index contributed by atoms with van der Waals surface area (Å²) >= 11 is 4.95. The molecule has 2 aromatic rings. The largest absolute Gasteiger partial charge is 0.490 e. The zero-order chi connectivity index (χ0) is 13.8. The van der Waals surface area contributed by atoms with Gasteiger partial charge in [-0.1, -0.05) is 0 Å². The number of nitrogen functional groups attached to an aromatic ring is 1. The predicted molar refractivity (Wildman–Crippen MR) is 82.0 cm³/mol. The molecule has 0 aliphatic heterocycles. The monoisotopic (exact) mass is 342 g/mol. The molecule has 0 bridgehead atoms. The molecule has 0 amide bonds. The zero-order valence-corrected chi connectivity index (χ0v) is 13.2. The third-order valence-corrected chi connectivity index (χ3v) is 3.76. The molecule has 0 fully saturated rings. The topological polar surface area (TPSA) is 57.4 Å². The van der Waals surface area contributed by atoms with E-state index >= 15 is 0 Å². The molecule has 0 saturated heterocycles. The van der Waals surface area contributed by atoms with Gasteiger partial charge in [0.15, 0.2) is 16.6 Å². The molecule has 0 unspecified atom stereocenters. The van der Waals surface area contributed by atoms with E-state index in [9.17, 15) is 0 Å². The fourth-order valence-electron chi connectivity index (χ4n) is 1.68. The molecule has 0 aliphatic rings. The normalized spacial score (nSPS) is 10.5. The van der Waals surface area contributed by atoms with Crippen LogP contribution < -0.4 is 15.2 Å². The summed E-state index contributed by atoms with van der Waals surface area (Å²) in [6.45, 7) is 5.06. The Morgan fingerprint density at radius 2 is 1.84 bits per heavy atom. The van der Waals surface area contributed by atoms with Crippen LogP contribution in [0.1, 0.15) is 13.8 Å². The van der Waals surface area contributed by atoms with Crippen molar-refractivity contribution in [2.24, 2.45) is 0 Å². The lowest BCUT2D eigenvalue weighted by Gasteiger charge is -2.13. The van der Waals surface area contributed by atoms with Crippen LogP contribution in [0, 0.1) is 0 Å². The Bertz CT molecular complexity index is 572. The van der Waals surface area contributed by atoms with Crippen LogP contribution in [-0.4, -0.2) is 18.2 Å². The number of hydrogen-bond acceptors (Lipinski definition) is 5. The number of nitrogens with zero attached hydrogens (tertiary/aromatic N) is 1. The summed E-state index contributed by atoms with van der Waals surface area (Å²) in [7, 11) is 0. The number of thiazole rings is 1. The van der Waals surface area contributed by atoms with Gasteiger partial charge in [-0.3, -0.25) is 0 Å². The summed E-state index contributed by atoms with van der Waals surface area (Å²) in [6, 6.07) is 3.83. The van der Waals surface area contributed by atoms with Crippen molar-refractivity contribution < 1.29 is 9.47 Å². The highest BCUT2D eigenvalue weighted by Gasteiger charge is 2.13. The summed E-state index contributed by atoms with van der Waals surface area (Å²) < 4.78 is 12.1. The molecule has 19 heavy (non-hydrogen) atoms. The molecule has 0 spiro atoms. The maximum atomic E-state index is 5.68. The van der Waals surface area contributed by atoms with Gasteiger partial charge in [-0.15, -0.1) is 11.3 Å². The highest BCUT2D eigenvalue weighted by molar-refractivity contribution is 9.10. The Balaban J connectivity index is 2.47. The van der Waals surface area contributed by atoms with Crippen LogP contribution >= 0.6 is 27.3 Å². The van der Waals surface area contributed by atoms with Crippen molar-refractivity contribution in [2.75, 3.05) is 18.9 Å². The van der Waals surface area contributed by atoms with E-state index in [1.165, 1.54) is 11.3 Å². The van der Waals surface area contributed by atoms with Crippen LogP contribution in [-0.2, 0) is 0 Å². The van der Waals surface area contributed by atoms with Gasteiger partial charge in [-0.2, -0.15) is 0 Å². The van der Waals surface area contributed by atoms with Gasteiger partial charge in [0.1, 0.15) is 0 Å². The Kier molecular flexibility index (Phi) is 4.66. The number of rotatable bonds is 5. The van der Waals surface area contributed by atoms with E-state index in [0.29, 0.717) is 24.1 Å². The Hall–Kier alpha value is -1.27. The SMILES string of the molecule is CCOc1cc(Br)c(-c2csc(N)n2)cc1OCC. The molecular weight excluding hydrogens is 328 g/mol. The highest BCUT2D eigenvalue weighted by Crippen LogP contribution is 2.39. The second kappa shape index (κ2) is 6.25. The Labute approximate surface area is 124 Å². The minimum absolute atomic E-state index is 0.550. The molecule has 0 saturated carbocycles. The second-order valence-corrected chi connectivity index (χ2v) is 5.46. The van der Waals surface area contributed by atoms with Gasteiger partial charge in [0.2, 0.25) is 0 Å². The lowest BCUT2D eigenvalue weighted by Crippen LogP contribution is -1.99. The zero-order valence-electron chi connectivity index (χ0n) is 10.8. The molecular formula is C13H15BrN2O2S. The van der Waals surface area contributed by atoms with E-state index in [1.807, 2.05) is 31.4 Å². The quantitative estimate of drug-likeness (QED) is 0.893. The minimum Gasteiger partial charge on any atom is -0.490 e. The van der Waals surface area contributed by atoms with E-state index in [-0.39, 0.29) is 0 Å². The van der Waals surface area contributed by atoms with E-state index in [4.69, 9.17) is 15.2 Å². The summed E-state index contributed by atoms with van der Waals surface area (Å²) in [5, 5.41) is 2.47. The van der Waals surface area contributed by atoms with Crippen LogP contribution in [0.3, 0.4) is 0 Å². The fraction of sp³-hybridized carbons (Fsp3) is 0.308. The molecule has 0 atom stereocenters. The highest BCUT2D eigenvalue weighted by atomic mass is 79.9. The number of halogens is 1. The van der Waals surface area contributed by atoms with Gasteiger partial charge in [0.05, 0.1) is 18.9 Å². The van der Waals surface area contributed by atoms with Crippen molar-refractivity contribution in [3.05, 3.63) is 22.0 Å². The molecule has 0 aliphatic carbocycles. The average molecular weight is 343 g/mol. The van der Waals surface area contributed by atoms with E-state index in [0.717, 1.165) is 21.5 Å². The number of ether oxygens (including phenoxy) is 2. The van der Waals surface area contributed by atoms with E-state index in [2.05, 4.69) is 20.9 Å². The third kappa shape index (κ3) is 3.19. The maximum absolute atomic E-state index is 5.68. The molecule has 102 valence electrons. The van der Waals surface area contributed by atoms with Crippen molar-refractivity contribution >= 4 is 32.4 Å². The van der Waals surface area contributed by atoms with Crippen molar-refractivity contribution in [1.82, 2.24) is 4.98 Å². The molecule has 2 rings (SSSR count). The van der Waals surface area contributed by atoms with Crippen molar-refractivity contribution in [2.45, 2.75) is 13.8 Å². The minimum atomic E-state index is 0.550. The summed E-state index contributed by atoms with van der Waals surface area (Å²) in [4.78, 5) is 4.29. The molecule has 0 radical (unpaired) electrons.